The van der Waals surface area contributed by atoms with Gasteiger partial charge in [-0.25, -0.2) is 15.0 Å². The highest BCUT2D eigenvalue weighted by molar-refractivity contribution is 6.29. The maximum atomic E-state index is 5.89. The van der Waals surface area contributed by atoms with Crippen LogP contribution in [0.3, 0.4) is 0 Å². The molecule has 0 aliphatic carbocycles. The number of fused-ring (bicyclic) bond motifs is 1. The van der Waals surface area contributed by atoms with Gasteiger partial charge in [-0.3, -0.25) is 9.55 Å². The summed E-state index contributed by atoms with van der Waals surface area (Å²) in [6.07, 6.45) is 6.87. The van der Waals surface area contributed by atoms with E-state index < -0.39 is 0 Å². The average molecular weight is 342 g/mol. The number of hydrogen-bond donors (Lipinski definition) is 0. The molecule has 112 valence electrons. The van der Waals surface area contributed by atoms with E-state index in [1.54, 1.807) is 36.9 Å². The molecular formula is C16H9Cl2N5. The number of imidazole rings is 1. The van der Waals surface area contributed by atoms with Crippen molar-refractivity contribution in [1.82, 2.24) is 24.5 Å². The van der Waals surface area contributed by atoms with E-state index in [9.17, 15) is 0 Å². The first-order valence-corrected chi connectivity index (χ1v) is 7.54. The van der Waals surface area contributed by atoms with E-state index in [0.717, 1.165) is 28.1 Å². The molecule has 0 saturated heterocycles. The first kappa shape index (κ1) is 14.1. The van der Waals surface area contributed by atoms with Crippen molar-refractivity contribution in [3.8, 4) is 17.1 Å². The van der Waals surface area contributed by atoms with Gasteiger partial charge in [0.05, 0.1) is 29.1 Å². The summed E-state index contributed by atoms with van der Waals surface area (Å²) < 4.78 is 1.97. The van der Waals surface area contributed by atoms with Gasteiger partial charge in [0.1, 0.15) is 16.1 Å². The van der Waals surface area contributed by atoms with Crippen LogP contribution >= 0.6 is 23.2 Å². The third-order valence-electron chi connectivity index (χ3n) is 3.41. The summed E-state index contributed by atoms with van der Waals surface area (Å²) >= 11 is 11.8. The summed E-state index contributed by atoms with van der Waals surface area (Å²) in [4.78, 5) is 17.2. The van der Waals surface area contributed by atoms with Gasteiger partial charge >= 0.3 is 0 Å². The largest absolute Gasteiger partial charge is 0.289 e. The standard InChI is InChI=1S/C16H9Cl2N5/c17-14-3-1-10(7-20-14)16-22-12-5-6-19-9-13(12)23(16)11-2-4-15(18)21-8-11/h1-9H. The number of hydrogen-bond acceptors (Lipinski definition) is 4. The SMILES string of the molecule is Clc1ccc(-c2nc3ccncc3n2-c2ccc(Cl)nc2)cn1. The average Bonchev–Trinajstić information content (AvgIpc) is 2.96. The van der Waals surface area contributed by atoms with Crippen LogP contribution in [-0.2, 0) is 0 Å². The summed E-state index contributed by atoms with van der Waals surface area (Å²) in [6.45, 7) is 0. The highest BCUT2D eigenvalue weighted by Crippen LogP contribution is 2.28. The van der Waals surface area contributed by atoms with Crippen molar-refractivity contribution in [2.24, 2.45) is 0 Å². The molecule has 0 spiro atoms. The highest BCUT2D eigenvalue weighted by atomic mass is 35.5. The van der Waals surface area contributed by atoms with E-state index >= 15 is 0 Å². The molecule has 0 aliphatic rings. The van der Waals surface area contributed by atoms with E-state index in [0.29, 0.717) is 10.3 Å². The number of aromatic nitrogens is 5. The Hall–Kier alpha value is -2.50. The van der Waals surface area contributed by atoms with Crippen molar-refractivity contribution in [3.05, 3.63) is 65.4 Å². The Labute approximate surface area is 141 Å². The molecule has 0 unspecified atom stereocenters. The molecule has 5 nitrogen and oxygen atoms in total. The Balaban J connectivity index is 2.01. The zero-order valence-electron chi connectivity index (χ0n) is 11.7. The van der Waals surface area contributed by atoms with Crippen LogP contribution < -0.4 is 0 Å². The van der Waals surface area contributed by atoms with Crippen LogP contribution in [0.4, 0.5) is 0 Å². The van der Waals surface area contributed by atoms with Gasteiger partial charge in [0.25, 0.3) is 0 Å². The topological polar surface area (TPSA) is 56.5 Å². The third-order valence-corrected chi connectivity index (χ3v) is 3.86. The molecule has 7 heteroatoms. The lowest BCUT2D eigenvalue weighted by molar-refractivity contribution is 1.07. The lowest BCUT2D eigenvalue weighted by Crippen LogP contribution is -1.98. The lowest BCUT2D eigenvalue weighted by Gasteiger charge is -2.08. The third kappa shape index (κ3) is 2.54. The van der Waals surface area contributed by atoms with Gasteiger partial charge in [0.15, 0.2) is 0 Å². The Morgan fingerprint density at radius 1 is 0.826 bits per heavy atom. The maximum absolute atomic E-state index is 5.89. The molecule has 0 fully saturated rings. The van der Waals surface area contributed by atoms with Crippen LogP contribution in [0.15, 0.2) is 55.1 Å². The number of nitrogens with zero attached hydrogens (tertiary/aromatic N) is 5. The van der Waals surface area contributed by atoms with Crippen LogP contribution in [0.1, 0.15) is 0 Å². The fraction of sp³-hybridized carbons (Fsp3) is 0. The van der Waals surface area contributed by atoms with Gasteiger partial charge in [-0.2, -0.15) is 0 Å². The monoisotopic (exact) mass is 341 g/mol. The van der Waals surface area contributed by atoms with Crippen LogP contribution in [-0.4, -0.2) is 24.5 Å². The van der Waals surface area contributed by atoms with E-state index in [-0.39, 0.29) is 0 Å². The predicted molar refractivity (Wildman–Crippen MR) is 89.9 cm³/mol. The Kier molecular flexibility index (Phi) is 3.44. The van der Waals surface area contributed by atoms with Crippen molar-refractivity contribution in [1.29, 1.82) is 0 Å². The lowest BCUT2D eigenvalue weighted by atomic mass is 10.2. The fourth-order valence-corrected chi connectivity index (χ4v) is 2.61. The predicted octanol–water partition coefficient (Wildman–Crippen LogP) is 4.18. The fourth-order valence-electron chi connectivity index (χ4n) is 2.39. The second-order valence-corrected chi connectivity index (χ2v) is 5.62. The smallest absolute Gasteiger partial charge is 0.147 e. The van der Waals surface area contributed by atoms with Gasteiger partial charge in [-0.1, -0.05) is 23.2 Å². The van der Waals surface area contributed by atoms with Crippen LogP contribution in [0, 0.1) is 0 Å². The molecule has 0 radical (unpaired) electrons. The molecule has 4 aromatic rings. The van der Waals surface area contributed by atoms with Crippen molar-refractivity contribution in [2.75, 3.05) is 0 Å². The molecular weight excluding hydrogens is 333 g/mol. The van der Waals surface area contributed by atoms with Crippen molar-refractivity contribution in [2.45, 2.75) is 0 Å². The van der Waals surface area contributed by atoms with Gasteiger partial charge in [0.2, 0.25) is 0 Å². The summed E-state index contributed by atoms with van der Waals surface area (Å²) in [7, 11) is 0. The summed E-state index contributed by atoms with van der Waals surface area (Å²) in [6, 6.07) is 9.10. The molecule has 0 N–H and O–H groups in total. The minimum absolute atomic E-state index is 0.436. The minimum Gasteiger partial charge on any atom is -0.289 e. The molecule has 23 heavy (non-hydrogen) atoms. The molecule has 4 aromatic heterocycles. The molecule has 0 bridgehead atoms. The molecule has 0 aliphatic heterocycles. The van der Waals surface area contributed by atoms with Gasteiger partial charge in [-0.15, -0.1) is 0 Å². The Morgan fingerprint density at radius 3 is 2.30 bits per heavy atom. The van der Waals surface area contributed by atoms with Crippen molar-refractivity contribution >= 4 is 34.2 Å². The zero-order valence-corrected chi connectivity index (χ0v) is 13.2. The minimum atomic E-state index is 0.436. The van der Waals surface area contributed by atoms with Crippen LogP contribution in [0.5, 0.6) is 0 Å². The molecule has 4 heterocycles. The van der Waals surface area contributed by atoms with Crippen LogP contribution in [0.2, 0.25) is 10.3 Å². The van der Waals surface area contributed by atoms with E-state index in [1.165, 1.54) is 0 Å². The number of pyridine rings is 3. The second kappa shape index (κ2) is 5.61. The normalized spacial score (nSPS) is 11.0. The van der Waals surface area contributed by atoms with Gasteiger partial charge in [-0.05, 0) is 30.3 Å². The van der Waals surface area contributed by atoms with Crippen LogP contribution in [0.25, 0.3) is 28.1 Å². The maximum Gasteiger partial charge on any atom is 0.147 e. The van der Waals surface area contributed by atoms with Crippen molar-refractivity contribution < 1.29 is 0 Å². The van der Waals surface area contributed by atoms with E-state index in [4.69, 9.17) is 28.2 Å². The van der Waals surface area contributed by atoms with Gasteiger partial charge in [0, 0.05) is 18.0 Å². The molecule has 4 rings (SSSR count). The Morgan fingerprint density at radius 2 is 1.61 bits per heavy atom. The highest BCUT2D eigenvalue weighted by Gasteiger charge is 2.15. The van der Waals surface area contributed by atoms with Gasteiger partial charge < -0.3 is 0 Å². The molecule has 0 amide bonds. The zero-order chi connectivity index (χ0) is 15.8. The van der Waals surface area contributed by atoms with Crippen molar-refractivity contribution in [3.63, 3.8) is 0 Å². The number of rotatable bonds is 2. The first-order chi connectivity index (χ1) is 11.2. The Bertz CT molecular complexity index is 978. The van der Waals surface area contributed by atoms with E-state index in [1.807, 2.05) is 22.8 Å². The second-order valence-electron chi connectivity index (χ2n) is 4.84. The number of halogens is 2. The quantitative estimate of drug-likeness (QED) is 0.513. The molecule has 0 aromatic carbocycles. The summed E-state index contributed by atoms with van der Waals surface area (Å²) in [5.74, 6) is 0.737. The summed E-state index contributed by atoms with van der Waals surface area (Å²) in [5.41, 5.74) is 3.40. The first-order valence-electron chi connectivity index (χ1n) is 6.79. The molecule has 0 atom stereocenters. The van der Waals surface area contributed by atoms with E-state index in [2.05, 4.69) is 15.0 Å². The molecule has 0 saturated carbocycles. The summed E-state index contributed by atoms with van der Waals surface area (Å²) in [5, 5.41) is 0.872.